The summed E-state index contributed by atoms with van der Waals surface area (Å²) in [6, 6.07) is 6.07. The van der Waals surface area contributed by atoms with Crippen LogP contribution >= 0.6 is 0 Å². The second kappa shape index (κ2) is 4.60. The molecule has 0 amide bonds. The van der Waals surface area contributed by atoms with E-state index in [1.165, 1.54) is 18.2 Å². The van der Waals surface area contributed by atoms with E-state index < -0.39 is 23.2 Å². The van der Waals surface area contributed by atoms with Crippen molar-refractivity contribution in [3.63, 3.8) is 0 Å². The monoisotopic (exact) mass is 253 g/mol. The van der Waals surface area contributed by atoms with E-state index in [1.54, 1.807) is 6.92 Å². The Hall–Kier alpha value is -2.17. The summed E-state index contributed by atoms with van der Waals surface area (Å²) in [5, 5.41) is 0. The lowest BCUT2D eigenvalue weighted by atomic mass is 10.2. The molecule has 2 nitrogen and oxygen atoms in total. The zero-order valence-corrected chi connectivity index (χ0v) is 9.51. The SMILES string of the molecule is Cc1ccc(Oc2c(N)ccc(F)c2F)cc1F. The van der Waals surface area contributed by atoms with Crippen molar-refractivity contribution in [2.45, 2.75) is 6.92 Å². The van der Waals surface area contributed by atoms with Crippen LogP contribution in [0.4, 0.5) is 18.9 Å². The molecule has 18 heavy (non-hydrogen) atoms. The maximum atomic E-state index is 13.5. The summed E-state index contributed by atoms with van der Waals surface area (Å²) >= 11 is 0. The second-order valence-corrected chi connectivity index (χ2v) is 3.79. The van der Waals surface area contributed by atoms with E-state index in [0.717, 1.165) is 12.1 Å². The van der Waals surface area contributed by atoms with Crippen LogP contribution in [0.15, 0.2) is 30.3 Å². The molecule has 0 bridgehead atoms. The predicted octanol–water partition coefficient (Wildman–Crippen LogP) is 3.79. The molecule has 0 aliphatic heterocycles. The summed E-state index contributed by atoms with van der Waals surface area (Å²) in [6.45, 7) is 1.58. The van der Waals surface area contributed by atoms with Gasteiger partial charge in [-0.25, -0.2) is 8.78 Å². The number of rotatable bonds is 2. The number of benzene rings is 2. The molecule has 0 spiro atoms. The van der Waals surface area contributed by atoms with Crippen LogP contribution in [-0.2, 0) is 0 Å². The van der Waals surface area contributed by atoms with Crippen molar-refractivity contribution in [2.24, 2.45) is 0 Å². The van der Waals surface area contributed by atoms with Crippen LogP contribution in [0.3, 0.4) is 0 Å². The van der Waals surface area contributed by atoms with Crippen molar-refractivity contribution in [1.82, 2.24) is 0 Å². The van der Waals surface area contributed by atoms with Gasteiger partial charge < -0.3 is 10.5 Å². The molecule has 2 aromatic carbocycles. The highest BCUT2D eigenvalue weighted by Gasteiger charge is 2.14. The molecule has 5 heteroatoms. The summed E-state index contributed by atoms with van der Waals surface area (Å²) < 4.78 is 44.8. The second-order valence-electron chi connectivity index (χ2n) is 3.79. The number of nitrogens with two attached hydrogens (primary N) is 1. The zero-order chi connectivity index (χ0) is 13.3. The van der Waals surface area contributed by atoms with Crippen molar-refractivity contribution >= 4 is 5.69 Å². The third-order valence-corrected chi connectivity index (χ3v) is 2.44. The number of halogens is 3. The topological polar surface area (TPSA) is 35.2 Å². The highest BCUT2D eigenvalue weighted by molar-refractivity contribution is 5.54. The van der Waals surface area contributed by atoms with Gasteiger partial charge in [-0.3, -0.25) is 0 Å². The average Bonchev–Trinajstić information content (AvgIpc) is 2.34. The van der Waals surface area contributed by atoms with Crippen molar-refractivity contribution in [3.8, 4) is 11.5 Å². The van der Waals surface area contributed by atoms with E-state index in [-0.39, 0.29) is 11.4 Å². The fourth-order valence-electron chi connectivity index (χ4n) is 1.41. The van der Waals surface area contributed by atoms with Gasteiger partial charge in [0.25, 0.3) is 0 Å². The summed E-state index contributed by atoms with van der Waals surface area (Å²) in [7, 11) is 0. The molecule has 0 aliphatic carbocycles. The number of hydrogen-bond acceptors (Lipinski definition) is 2. The molecule has 2 N–H and O–H groups in total. The van der Waals surface area contributed by atoms with Gasteiger partial charge in [0, 0.05) is 6.07 Å². The molecule has 0 heterocycles. The van der Waals surface area contributed by atoms with Gasteiger partial charge in [-0.2, -0.15) is 4.39 Å². The lowest BCUT2D eigenvalue weighted by Crippen LogP contribution is -1.98. The molecule has 0 unspecified atom stereocenters. The maximum Gasteiger partial charge on any atom is 0.203 e. The molecule has 0 aliphatic rings. The van der Waals surface area contributed by atoms with Gasteiger partial charge in [-0.05, 0) is 30.7 Å². The quantitative estimate of drug-likeness (QED) is 0.826. The molecule has 0 saturated heterocycles. The first-order valence-electron chi connectivity index (χ1n) is 5.16. The number of anilines is 1. The van der Waals surface area contributed by atoms with Gasteiger partial charge >= 0.3 is 0 Å². The Balaban J connectivity index is 2.39. The van der Waals surface area contributed by atoms with Crippen LogP contribution in [0, 0.1) is 24.4 Å². The minimum absolute atomic E-state index is 0.0503. The van der Waals surface area contributed by atoms with Crippen molar-refractivity contribution in [2.75, 3.05) is 5.73 Å². The largest absolute Gasteiger partial charge is 0.452 e. The molecule has 0 atom stereocenters. The number of ether oxygens (including phenoxy) is 1. The fraction of sp³-hybridized carbons (Fsp3) is 0.0769. The van der Waals surface area contributed by atoms with Gasteiger partial charge in [0.2, 0.25) is 5.82 Å². The van der Waals surface area contributed by atoms with E-state index in [0.29, 0.717) is 5.56 Å². The van der Waals surface area contributed by atoms with E-state index >= 15 is 0 Å². The fourth-order valence-corrected chi connectivity index (χ4v) is 1.41. The van der Waals surface area contributed by atoms with Crippen molar-refractivity contribution in [1.29, 1.82) is 0 Å². The Morgan fingerprint density at radius 1 is 1.00 bits per heavy atom. The third kappa shape index (κ3) is 2.25. The summed E-state index contributed by atoms with van der Waals surface area (Å²) in [4.78, 5) is 0. The first kappa shape index (κ1) is 12.3. The standard InChI is InChI=1S/C13H10F3NO/c1-7-2-3-8(6-10(7)15)18-13-11(17)5-4-9(14)12(13)16/h2-6H,17H2,1H3. The average molecular weight is 253 g/mol. The van der Waals surface area contributed by atoms with E-state index in [4.69, 9.17) is 10.5 Å². The molecule has 0 radical (unpaired) electrons. The van der Waals surface area contributed by atoms with E-state index in [2.05, 4.69) is 0 Å². The van der Waals surface area contributed by atoms with Gasteiger partial charge in [0.1, 0.15) is 11.6 Å². The Bertz CT molecular complexity index is 599. The molecule has 2 rings (SSSR count). The minimum Gasteiger partial charge on any atom is -0.452 e. The molecule has 2 aromatic rings. The first-order valence-corrected chi connectivity index (χ1v) is 5.16. The van der Waals surface area contributed by atoms with Crippen LogP contribution in [0.1, 0.15) is 5.56 Å². The van der Waals surface area contributed by atoms with Crippen LogP contribution in [0.5, 0.6) is 11.5 Å². The number of nitrogen functional groups attached to an aromatic ring is 1. The molecular formula is C13H10F3NO. The Morgan fingerprint density at radius 3 is 2.39 bits per heavy atom. The van der Waals surface area contributed by atoms with E-state index in [1.807, 2.05) is 0 Å². The first-order chi connectivity index (χ1) is 8.49. The van der Waals surface area contributed by atoms with Gasteiger partial charge in [-0.1, -0.05) is 6.07 Å². The lowest BCUT2D eigenvalue weighted by Gasteiger charge is -2.10. The van der Waals surface area contributed by atoms with Crippen LogP contribution < -0.4 is 10.5 Å². The molecular weight excluding hydrogens is 243 g/mol. The summed E-state index contributed by atoms with van der Waals surface area (Å²) in [5.41, 5.74) is 5.85. The molecule has 0 fully saturated rings. The normalized spacial score (nSPS) is 10.4. The van der Waals surface area contributed by atoms with Gasteiger partial charge in [0.15, 0.2) is 11.6 Å². The van der Waals surface area contributed by atoms with E-state index in [9.17, 15) is 13.2 Å². The molecule has 0 saturated carbocycles. The lowest BCUT2D eigenvalue weighted by molar-refractivity contribution is 0.416. The van der Waals surface area contributed by atoms with Crippen molar-refractivity contribution < 1.29 is 17.9 Å². The smallest absolute Gasteiger partial charge is 0.203 e. The minimum atomic E-state index is -1.20. The van der Waals surface area contributed by atoms with Crippen LogP contribution in [-0.4, -0.2) is 0 Å². The molecule has 0 aromatic heterocycles. The Labute approximate surface area is 102 Å². The van der Waals surface area contributed by atoms with Crippen LogP contribution in [0.25, 0.3) is 0 Å². The highest BCUT2D eigenvalue weighted by Crippen LogP contribution is 2.32. The molecule has 94 valence electrons. The van der Waals surface area contributed by atoms with Crippen molar-refractivity contribution in [3.05, 3.63) is 53.3 Å². The van der Waals surface area contributed by atoms with Crippen LogP contribution in [0.2, 0.25) is 0 Å². The number of aryl methyl sites for hydroxylation is 1. The Kier molecular flexibility index (Phi) is 3.14. The zero-order valence-electron chi connectivity index (χ0n) is 9.51. The third-order valence-electron chi connectivity index (χ3n) is 2.44. The highest BCUT2D eigenvalue weighted by atomic mass is 19.2. The summed E-state index contributed by atoms with van der Waals surface area (Å²) in [6.07, 6.45) is 0. The van der Waals surface area contributed by atoms with Gasteiger partial charge in [0.05, 0.1) is 5.69 Å². The summed E-state index contributed by atoms with van der Waals surface area (Å²) in [5.74, 6) is -3.17. The maximum absolute atomic E-state index is 13.5. The predicted molar refractivity (Wildman–Crippen MR) is 62.0 cm³/mol. The number of hydrogen-bond donors (Lipinski definition) is 1. The Morgan fingerprint density at radius 2 is 1.72 bits per heavy atom. The van der Waals surface area contributed by atoms with Gasteiger partial charge in [-0.15, -0.1) is 0 Å².